The molecule has 8 nitrogen and oxygen atoms in total. The first-order valence-electron chi connectivity index (χ1n) is 9.33. The van der Waals surface area contributed by atoms with Gasteiger partial charge in [0.1, 0.15) is 25.3 Å². The van der Waals surface area contributed by atoms with Crippen molar-refractivity contribution < 1.29 is 22.1 Å². The maximum Gasteiger partial charge on any atom is 0.297 e. The topological polar surface area (TPSA) is 92.5 Å². The van der Waals surface area contributed by atoms with Crippen LogP contribution >= 0.6 is 23.2 Å². The maximum absolute atomic E-state index is 12.5. The summed E-state index contributed by atoms with van der Waals surface area (Å²) in [7, 11) is -3.94. The molecule has 2 aromatic carbocycles. The van der Waals surface area contributed by atoms with E-state index < -0.39 is 22.0 Å². The van der Waals surface area contributed by atoms with Gasteiger partial charge in [0.15, 0.2) is 0 Å². The van der Waals surface area contributed by atoms with Gasteiger partial charge in [-0.1, -0.05) is 47.0 Å². The van der Waals surface area contributed by atoms with Crippen LogP contribution in [0.5, 0.6) is 0 Å². The first-order chi connectivity index (χ1) is 14.8. The van der Waals surface area contributed by atoms with Crippen molar-refractivity contribution in [1.82, 2.24) is 14.8 Å². The molecule has 1 aliphatic rings. The second-order valence-electron chi connectivity index (χ2n) is 7.07. The Hall–Kier alpha value is -2.01. The summed E-state index contributed by atoms with van der Waals surface area (Å²) in [5, 5.41) is 4.92. The average Bonchev–Trinajstić information content (AvgIpc) is 3.38. The summed E-state index contributed by atoms with van der Waals surface area (Å²) in [5.74, 6) is -1.31. The van der Waals surface area contributed by atoms with E-state index in [0.717, 1.165) is 5.56 Å². The highest BCUT2D eigenvalue weighted by atomic mass is 35.5. The fraction of sp³-hybridized carbons (Fsp3) is 0.300. The maximum atomic E-state index is 12.5. The van der Waals surface area contributed by atoms with E-state index in [-0.39, 0.29) is 24.7 Å². The molecule has 31 heavy (non-hydrogen) atoms. The number of benzene rings is 2. The van der Waals surface area contributed by atoms with Gasteiger partial charge in [-0.05, 0) is 31.2 Å². The predicted octanol–water partition coefficient (Wildman–Crippen LogP) is 3.57. The Balaban J connectivity index is 1.53. The van der Waals surface area contributed by atoms with Crippen LogP contribution in [0, 0.1) is 6.92 Å². The Morgan fingerprint density at radius 2 is 2.00 bits per heavy atom. The quantitative estimate of drug-likeness (QED) is 0.474. The molecule has 0 spiro atoms. The molecule has 1 fully saturated rings. The Morgan fingerprint density at radius 3 is 2.68 bits per heavy atom. The van der Waals surface area contributed by atoms with Crippen LogP contribution in [-0.2, 0) is 36.1 Å². The molecule has 2 atom stereocenters. The molecule has 4 rings (SSSR count). The standard InChI is InChI=1S/C20H19Cl2N3O5S/c1-14-2-5-17(6-3-14)31(26,27)29-10-16-9-28-20(30-16,11-25-13-23-12-24-25)18-7-4-15(21)8-19(18)22/h2-8,12-13,16H,9-11H2,1H3/t16-,20+/m1/s1. The molecule has 1 saturated heterocycles. The van der Waals surface area contributed by atoms with E-state index in [9.17, 15) is 8.42 Å². The lowest BCUT2D eigenvalue weighted by Crippen LogP contribution is -2.35. The molecule has 0 N–H and O–H groups in total. The predicted molar refractivity (Wildman–Crippen MR) is 113 cm³/mol. The minimum atomic E-state index is -3.94. The van der Waals surface area contributed by atoms with Gasteiger partial charge in [-0.3, -0.25) is 4.18 Å². The number of ether oxygens (including phenoxy) is 2. The molecule has 0 unspecified atom stereocenters. The Bertz CT molecular complexity index is 1160. The summed E-state index contributed by atoms with van der Waals surface area (Å²) >= 11 is 12.4. The molecule has 0 amide bonds. The zero-order chi connectivity index (χ0) is 22.1. The first-order valence-corrected chi connectivity index (χ1v) is 11.5. The van der Waals surface area contributed by atoms with Gasteiger partial charge in [0.05, 0.1) is 23.1 Å². The highest BCUT2D eigenvalue weighted by Crippen LogP contribution is 2.40. The lowest BCUT2D eigenvalue weighted by molar-refractivity contribution is -0.190. The SMILES string of the molecule is Cc1ccc(S(=O)(=O)OC[C@H]2CO[C@](Cn3cncn3)(c3ccc(Cl)cc3Cl)O2)cc1. The largest absolute Gasteiger partial charge is 0.342 e. The van der Waals surface area contributed by atoms with Crippen LogP contribution in [0.1, 0.15) is 11.1 Å². The van der Waals surface area contributed by atoms with E-state index in [2.05, 4.69) is 10.1 Å². The van der Waals surface area contributed by atoms with Crippen molar-refractivity contribution >= 4 is 33.3 Å². The van der Waals surface area contributed by atoms with Crippen LogP contribution in [0.3, 0.4) is 0 Å². The number of hydrogen-bond donors (Lipinski definition) is 0. The lowest BCUT2D eigenvalue weighted by atomic mass is 10.1. The van der Waals surface area contributed by atoms with E-state index in [4.69, 9.17) is 36.9 Å². The van der Waals surface area contributed by atoms with Crippen molar-refractivity contribution in [2.24, 2.45) is 0 Å². The second kappa shape index (κ2) is 8.85. The summed E-state index contributed by atoms with van der Waals surface area (Å²) in [5.41, 5.74) is 1.49. The van der Waals surface area contributed by atoms with Gasteiger partial charge in [0.2, 0.25) is 5.79 Å². The number of halogens is 2. The van der Waals surface area contributed by atoms with Crippen LogP contribution in [0.2, 0.25) is 10.0 Å². The number of hydrogen-bond acceptors (Lipinski definition) is 7. The zero-order valence-corrected chi connectivity index (χ0v) is 18.8. The minimum absolute atomic E-state index is 0.0756. The van der Waals surface area contributed by atoms with Crippen molar-refractivity contribution in [2.75, 3.05) is 13.2 Å². The minimum Gasteiger partial charge on any atom is -0.342 e. The number of nitrogens with zero attached hydrogens (tertiary/aromatic N) is 3. The number of aryl methyl sites for hydroxylation is 1. The van der Waals surface area contributed by atoms with Crippen LogP contribution in [0.25, 0.3) is 0 Å². The van der Waals surface area contributed by atoms with Crippen LogP contribution in [0.4, 0.5) is 0 Å². The molecule has 0 aliphatic carbocycles. The van der Waals surface area contributed by atoms with Gasteiger partial charge >= 0.3 is 0 Å². The Kier molecular flexibility index (Phi) is 6.34. The molecule has 0 saturated carbocycles. The number of aromatic nitrogens is 3. The van der Waals surface area contributed by atoms with E-state index in [1.807, 2.05) is 6.92 Å². The van der Waals surface area contributed by atoms with Crippen molar-refractivity contribution in [1.29, 1.82) is 0 Å². The highest BCUT2D eigenvalue weighted by molar-refractivity contribution is 7.86. The molecule has 3 aromatic rings. The van der Waals surface area contributed by atoms with Crippen LogP contribution in [-0.4, -0.2) is 42.5 Å². The van der Waals surface area contributed by atoms with Gasteiger partial charge in [-0.15, -0.1) is 0 Å². The third-order valence-corrected chi connectivity index (χ3v) is 6.60. The van der Waals surface area contributed by atoms with Gasteiger partial charge in [0.25, 0.3) is 10.1 Å². The third-order valence-electron chi connectivity index (χ3n) is 4.76. The fourth-order valence-electron chi connectivity index (χ4n) is 3.22. The summed E-state index contributed by atoms with van der Waals surface area (Å²) in [6.45, 7) is 1.89. The van der Waals surface area contributed by atoms with E-state index in [1.165, 1.54) is 29.5 Å². The summed E-state index contributed by atoms with van der Waals surface area (Å²) in [6, 6.07) is 11.4. The van der Waals surface area contributed by atoms with Crippen molar-refractivity contribution in [3.63, 3.8) is 0 Å². The highest BCUT2D eigenvalue weighted by Gasteiger charge is 2.46. The summed E-state index contributed by atoms with van der Waals surface area (Å²) < 4.78 is 43.9. The molecule has 164 valence electrons. The normalized spacial score (nSPS) is 21.5. The Labute approximate surface area is 189 Å². The smallest absolute Gasteiger partial charge is 0.297 e. The molecule has 1 aliphatic heterocycles. The van der Waals surface area contributed by atoms with E-state index in [0.29, 0.717) is 15.6 Å². The van der Waals surface area contributed by atoms with Gasteiger partial charge in [0, 0.05) is 10.6 Å². The van der Waals surface area contributed by atoms with Crippen LogP contribution in [0.15, 0.2) is 60.0 Å². The molecule has 0 radical (unpaired) electrons. The Morgan fingerprint density at radius 1 is 1.23 bits per heavy atom. The second-order valence-corrected chi connectivity index (χ2v) is 9.53. The molecular formula is C20H19Cl2N3O5S. The first kappa shape index (κ1) is 22.2. The summed E-state index contributed by atoms with van der Waals surface area (Å²) in [4.78, 5) is 4.01. The fourth-order valence-corrected chi connectivity index (χ4v) is 4.71. The summed E-state index contributed by atoms with van der Waals surface area (Å²) in [6.07, 6.45) is 2.25. The van der Waals surface area contributed by atoms with E-state index >= 15 is 0 Å². The molecule has 2 heterocycles. The van der Waals surface area contributed by atoms with Crippen molar-refractivity contribution in [3.05, 3.63) is 76.3 Å². The van der Waals surface area contributed by atoms with Gasteiger partial charge < -0.3 is 9.47 Å². The van der Waals surface area contributed by atoms with Gasteiger partial charge in [-0.25, -0.2) is 9.67 Å². The molecule has 1 aromatic heterocycles. The van der Waals surface area contributed by atoms with E-state index in [1.54, 1.807) is 30.3 Å². The van der Waals surface area contributed by atoms with Crippen molar-refractivity contribution in [2.45, 2.75) is 30.3 Å². The zero-order valence-electron chi connectivity index (χ0n) is 16.4. The monoisotopic (exact) mass is 483 g/mol. The average molecular weight is 484 g/mol. The third kappa shape index (κ3) is 4.92. The molecule has 0 bridgehead atoms. The molecule has 11 heteroatoms. The molecular weight excluding hydrogens is 465 g/mol. The number of rotatable bonds is 7. The lowest BCUT2D eigenvalue weighted by Gasteiger charge is -2.29. The van der Waals surface area contributed by atoms with Crippen LogP contribution < -0.4 is 0 Å². The van der Waals surface area contributed by atoms with Gasteiger partial charge in [-0.2, -0.15) is 13.5 Å². The van der Waals surface area contributed by atoms with Crippen molar-refractivity contribution in [3.8, 4) is 0 Å².